The maximum atomic E-state index is 12.0. The van der Waals surface area contributed by atoms with E-state index in [2.05, 4.69) is 36.6 Å². The van der Waals surface area contributed by atoms with E-state index in [-0.39, 0.29) is 11.9 Å². The fourth-order valence-corrected chi connectivity index (χ4v) is 3.08. The molecule has 1 saturated heterocycles. The van der Waals surface area contributed by atoms with Crippen LogP contribution in [0.4, 0.5) is 4.79 Å². The number of benzene rings is 1. The van der Waals surface area contributed by atoms with Gasteiger partial charge in [0, 0.05) is 6.42 Å². The fraction of sp³-hybridized carbons (Fsp3) is 0.429. The molecule has 2 aliphatic rings. The van der Waals surface area contributed by atoms with Crippen molar-refractivity contribution < 1.29 is 9.59 Å². The predicted octanol–water partition coefficient (Wildman–Crippen LogP) is 1.37. The van der Waals surface area contributed by atoms with Crippen LogP contribution in [0.25, 0.3) is 0 Å². The van der Waals surface area contributed by atoms with Crippen molar-refractivity contribution in [1.29, 1.82) is 0 Å². The number of carbonyl (C=O) groups is 2. The van der Waals surface area contributed by atoms with Crippen LogP contribution in [0.15, 0.2) is 12.1 Å². The summed E-state index contributed by atoms with van der Waals surface area (Å²) in [5, 5.41) is 5.16. The van der Waals surface area contributed by atoms with Gasteiger partial charge >= 0.3 is 6.03 Å². The molecule has 1 heterocycles. The van der Waals surface area contributed by atoms with Crippen LogP contribution in [0.1, 0.15) is 28.7 Å². The zero-order chi connectivity index (χ0) is 12.9. The average Bonchev–Trinajstić information content (AvgIpc) is 2.59. The van der Waals surface area contributed by atoms with E-state index in [0.29, 0.717) is 12.8 Å². The highest BCUT2D eigenvalue weighted by Gasteiger charge is 2.48. The maximum Gasteiger partial charge on any atom is 0.322 e. The van der Waals surface area contributed by atoms with E-state index in [1.54, 1.807) is 0 Å². The smallest absolute Gasteiger partial charge is 0.322 e. The van der Waals surface area contributed by atoms with Crippen molar-refractivity contribution in [3.8, 4) is 0 Å². The van der Waals surface area contributed by atoms with Gasteiger partial charge in [-0.05, 0) is 48.9 Å². The maximum absolute atomic E-state index is 12.0. The van der Waals surface area contributed by atoms with Crippen molar-refractivity contribution in [2.24, 2.45) is 0 Å². The lowest BCUT2D eigenvalue weighted by atomic mass is 9.75. The fourth-order valence-electron chi connectivity index (χ4n) is 3.08. The van der Waals surface area contributed by atoms with E-state index >= 15 is 0 Å². The summed E-state index contributed by atoms with van der Waals surface area (Å²) < 4.78 is 0. The highest BCUT2D eigenvalue weighted by Crippen LogP contribution is 2.34. The molecule has 0 radical (unpaired) electrons. The Balaban J connectivity index is 2.06. The Labute approximate surface area is 106 Å². The minimum atomic E-state index is -0.720. The number of amides is 3. The van der Waals surface area contributed by atoms with Crippen molar-refractivity contribution >= 4 is 11.9 Å². The number of carbonyl (C=O) groups excluding carboxylic acids is 2. The third-order valence-electron chi connectivity index (χ3n) is 4.19. The van der Waals surface area contributed by atoms with Crippen LogP contribution in [0.3, 0.4) is 0 Å². The molecule has 1 aromatic carbocycles. The molecule has 0 bridgehead atoms. The van der Waals surface area contributed by atoms with Crippen LogP contribution in [0, 0.1) is 13.8 Å². The molecule has 1 atom stereocenters. The first-order valence-corrected chi connectivity index (χ1v) is 6.23. The Morgan fingerprint density at radius 3 is 2.39 bits per heavy atom. The third kappa shape index (κ3) is 1.45. The molecule has 1 aliphatic heterocycles. The number of hydrogen-bond donors (Lipinski definition) is 2. The molecule has 1 unspecified atom stereocenters. The van der Waals surface area contributed by atoms with Crippen LogP contribution in [-0.4, -0.2) is 17.5 Å². The third-order valence-corrected chi connectivity index (χ3v) is 4.19. The summed E-state index contributed by atoms with van der Waals surface area (Å²) in [5.74, 6) is -0.181. The summed E-state index contributed by atoms with van der Waals surface area (Å²) in [6.07, 6.45) is 2.13. The topological polar surface area (TPSA) is 58.2 Å². The summed E-state index contributed by atoms with van der Waals surface area (Å²) in [7, 11) is 0. The highest BCUT2D eigenvalue weighted by molar-refractivity contribution is 6.07. The van der Waals surface area contributed by atoms with Crippen molar-refractivity contribution in [1.82, 2.24) is 10.6 Å². The number of aryl methyl sites for hydroxylation is 2. The second kappa shape index (κ2) is 3.57. The van der Waals surface area contributed by atoms with Crippen LogP contribution >= 0.6 is 0 Å². The lowest BCUT2D eigenvalue weighted by Crippen LogP contribution is -2.51. The van der Waals surface area contributed by atoms with Crippen LogP contribution in [0.2, 0.25) is 0 Å². The first kappa shape index (κ1) is 11.3. The zero-order valence-electron chi connectivity index (χ0n) is 10.6. The van der Waals surface area contributed by atoms with E-state index in [4.69, 9.17) is 0 Å². The standard InChI is InChI=1S/C14H16N2O2/c1-8-3-4-9(2)11-7-14(6-5-10(8)11)12(17)15-13(18)16-14/h3-4H,5-7H2,1-2H3,(H2,15,16,17,18). The number of imide groups is 1. The number of hydrogen-bond acceptors (Lipinski definition) is 2. The van der Waals surface area contributed by atoms with Crippen molar-refractivity contribution in [3.63, 3.8) is 0 Å². The lowest BCUT2D eigenvalue weighted by Gasteiger charge is -2.33. The molecule has 4 heteroatoms. The first-order chi connectivity index (χ1) is 8.52. The van der Waals surface area contributed by atoms with Gasteiger partial charge in [-0.3, -0.25) is 10.1 Å². The average molecular weight is 244 g/mol. The molecule has 1 aliphatic carbocycles. The minimum absolute atomic E-state index is 0.181. The van der Waals surface area contributed by atoms with Gasteiger partial charge in [0.05, 0.1) is 0 Å². The molecule has 18 heavy (non-hydrogen) atoms. The van der Waals surface area contributed by atoms with Gasteiger partial charge in [0.1, 0.15) is 5.54 Å². The molecular weight excluding hydrogens is 228 g/mol. The molecule has 2 N–H and O–H groups in total. The molecule has 0 aromatic heterocycles. The number of urea groups is 1. The quantitative estimate of drug-likeness (QED) is 0.677. The van der Waals surface area contributed by atoms with Gasteiger partial charge in [-0.25, -0.2) is 4.79 Å². The molecule has 1 aromatic rings. The van der Waals surface area contributed by atoms with Crippen LogP contribution < -0.4 is 10.6 Å². The largest absolute Gasteiger partial charge is 0.323 e. The Bertz CT molecular complexity index is 565. The minimum Gasteiger partial charge on any atom is -0.323 e. The van der Waals surface area contributed by atoms with Crippen molar-refractivity contribution in [2.45, 2.75) is 38.6 Å². The summed E-state index contributed by atoms with van der Waals surface area (Å²) >= 11 is 0. The van der Waals surface area contributed by atoms with E-state index in [9.17, 15) is 9.59 Å². The van der Waals surface area contributed by atoms with Gasteiger partial charge in [-0.1, -0.05) is 12.1 Å². The number of rotatable bonds is 0. The molecule has 0 saturated carbocycles. The van der Waals surface area contributed by atoms with Gasteiger partial charge in [0.25, 0.3) is 5.91 Å². The van der Waals surface area contributed by atoms with E-state index in [1.807, 2.05) is 0 Å². The Morgan fingerprint density at radius 2 is 1.78 bits per heavy atom. The van der Waals surface area contributed by atoms with E-state index < -0.39 is 5.54 Å². The zero-order valence-corrected chi connectivity index (χ0v) is 10.6. The SMILES string of the molecule is Cc1ccc(C)c2c1CCC1(C2)NC(=O)NC1=O. The Kier molecular flexibility index (Phi) is 2.24. The summed E-state index contributed by atoms with van der Waals surface area (Å²) in [5.41, 5.74) is 4.31. The molecule has 3 amide bonds. The predicted molar refractivity (Wildman–Crippen MR) is 67.3 cm³/mol. The van der Waals surface area contributed by atoms with Gasteiger partial charge < -0.3 is 5.32 Å². The summed E-state index contributed by atoms with van der Waals surface area (Å²) in [4.78, 5) is 23.3. The Hall–Kier alpha value is -1.84. The first-order valence-electron chi connectivity index (χ1n) is 6.23. The molecular formula is C14H16N2O2. The van der Waals surface area contributed by atoms with Crippen LogP contribution in [-0.2, 0) is 17.6 Å². The highest BCUT2D eigenvalue weighted by atomic mass is 16.2. The lowest BCUT2D eigenvalue weighted by molar-refractivity contribution is -0.124. The van der Waals surface area contributed by atoms with Crippen molar-refractivity contribution in [3.05, 3.63) is 34.4 Å². The monoisotopic (exact) mass is 244 g/mol. The summed E-state index contributed by atoms with van der Waals surface area (Å²) in [6.45, 7) is 4.16. The molecule has 4 nitrogen and oxygen atoms in total. The second-order valence-electron chi connectivity index (χ2n) is 5.32. The van der Waals surface area contributed by atoms with Gasteiger partial charge in [-0.15, -0.1) is 0 Å². The van der Waals surface area contributed by atoms with Crippen molar-refractivity contribution in [2.75, 3.05) is 0 Å². The molecule has 3 rings (SSSR count). The van der Waals surface area contributed by atoms with Crippen LogP contribution in [0.5, 0.6) is 0 Å². The van der Waals surface area contributed by atoms with Gasteiger partial charge in [-0.2, -0.15) is 0 Å². The molecule has 94 valence electrons. The van der Waals surface area contributed by atoms with Gasteiger partial charge in [0.15, 0.2) is 0 Å². The summed E-state index contributed by atoms with van der Waals surface area (Å²) in [6, 6.07) is 3.84. The molecule has 1 spiro atoms. The molecule has 1 fully saturated rings. The van der Waals surface area contributed by atoms with E-state index in [1.165, 1.54) is 22.3 Å². The van der Waals surface area contributed by atoms with E-state index in [0.717, 1.165) is 6.42 Å². The Morgan fingerprint density at radius 1 is 1.11 bits per heavy atom. The number of nitrogens with one attached hydrogen (secondary N) is 2. The normalized spacial score (nSPS) is 25.9. The number of fused-ring (bicyclic) bond motifs is 1. The second-order valence-corrected chi connectivity index (χ2v) is 5.32. The van der Waals surface area contributed by atoms with Gasteiger partial charge in [0.2, 0.25) is 0 Å².